The minimum Gasteiger partial charge on any atom is -0.357 e. The van der Waals surface area contributed by atoms with E-state index in [9.17, 15) is 0 Å². The number of aromatic nitrogens is 2. The van der Waals surface area contributed by atoms with Gasteiger partial charge in [-0.3, -0.25) is 9.88 Å². The average Bonchev–Trinajstić information content (AvgIpc) is 3.40. The zero-order chi connectivity index (χ0) is 18.8. The maximum atomic E-state index is 4.87. The van der Waals surface area contributed by atoms with Crippen LogP contribution in [-0.4, -0.2) is 64.2 Å². The Morgan fingerprint density at radius 1 is 0.714 bits per heavy atom. The minimum atomic E-state index is 0.843. The first-order valence-electron chi connectivity index (χ1n) is 9.81. The van der Waals surface area contributed by atoms with Gasteiger partial charge in [-0.15, -0.1) is 0 Å². The van der Waals surface area contributed by atoms with Gasteiger partial charge in [0.05, 0.1) is 19.0 Å². The maximum absolute atomic E-state index is 4.87. The number of rotatable bonds is 2. The molecular weight excluding hydrogens is 350 g/mol. The van der Waals surface area contributed by atoms with Gasteiger partial charge >= 0.3 is 0 Å². The van der Waals surface area contributed by atoms with Gasteiger partial charge < -0.3 is 19.6 Å². The Labute approximate surface area is 165 Å². The molecular formula is C21H25N7. The summed E-state index contributed by atoms with van der Waals surface area (Å²) in [7, 11) is 0. The fraction of sp³-hybridized carbons (Fsp3) is 0.333. The smallest absolute Gasteiger partial charge is 0.136 e. The van der Waals surface area contributed by atoms with E-state index in [0.29, 0.717) is 0 Å². The van der Waals surface area contributed by atoms with Gasteiger partial charge in [0.15, 0.2) is 0 Å². The van der Waals surface area contributed by atoms with Crippen molar-refractivity contribution in [3.05, 3.63) is 73.1 Å². The van der Waals surface area contributed by atoms with Gasteiger partial charge in [-0.1, -0.05) is 12.1 Å². The van der Waals surface area contributed by atoms with Crippen LogP contribution in [0.25, 0.3) is 0 Å². The summed E-state index contributed by atoms with van der Waals surface area (Å²) in [5, 5.41) is 0. The number of anilines is 2. The average molecular weight is 375 g/mol. The number of hydrogen-bond donors (Lipinski definition) is 0. The molecule has 2 aromatic heterocycles. The Balaban J connectivity index is 1.36. The maximum Gasteiger partial charge on any atom is 0.136 e. The van der Waals surface area contributed by atoms with Crippen LogP contribution in [0.5, 0.6) is 0 Å². The van der Waals surface area contributed by atoms with Gasteiger partial charge in [0.1, 0.15) is 11.6 Å². The molecule has 0 unspecified atom stereocenters. The van der Waals surface area contributed by atoms with E-state index in [2.05, 4.69) is 84.6 Å². The fourth-order valence-corrected chi connectivity index (χ4v) is 3.78. The first-order valence-corrected chi connectivity index (χ1v) is 9.81. The molecule has 5 rings (SSSR count). The van der Waals surface area contributed by atoms with E-state index in [1.807, 2.05) is 12.3 Å². The molecule has 0 saturated heterocycles. The third-order valence-electron chi connectivity index (χ3n) is 5.41. The molecule has 0 fully saturated rings. The second-order valence-electron chi connectivity index (χ2n) is 7.39. The minimum absolute atomic E-state index is 0.843. The van der Waals surface area contributed by atoms with Crippen LogP contribution in [0.1, 0.15) is 5.69 Å². The summed E-state index contributed by atoms with van der Waals surface area (Å²) in [6.45, 7) is 6.55. The van der Waals surface area contributed by atoms with Crippen molar-refractivity contribution in [1.29, 1.82) is 0 Å². The second kappa shape index (κ2) is 7.52. The molecule has 7 heteroatoms. The Morgan fingerprint density at radius 3 is 2.00 bits per heavy atom. The molecule has 0 amide bonds. The summed E-state index contributed by atoms with van der Waals surface area (Å²) in [5.41, 5.74) is 1.12. The molecule has 6 bridgehead atoms. The van der Waals surface area contributed by atoms with Crippen LogP contribution in [0.2, 0.25) is 0 Å². The van der Waals surface area contributed by atoms with Crippen LogP contribution in [0.4, 0.5) is 11.6 Å². The first kappa shape index (κ1) is 17.1. The van der Waals surface area contributed by atoms with Crippen LogP contribution >= 0.6 is 0 Å². The van der Waals surface area contributed by atoms with Crippen molar-refractivity contribution in [2.45, 2.75) is 6.54 Å². The molecule has 3 aliphatic rings. The lowest BCUT2D eigenvalue weighted by Gasteiger charge is -2.29. The molecule has 0 aliphatic carbocycles. The van der Waals surface area contributed by atoms with Crippen LogP contribution in [0.15, 0.2) is 67.4 Å². The first-order chi connectivity index (χ1) is 13.8. The zero-order valence-corrected chi connectivity index (χ0v) is 15.9. The Morgan fingerprint density at radius 2 is 1.39 bits per heavy atom. The lowest BCUT2D eigenvalue weighted by molar-refractivity contribution is 0.211. The predicted octanol–water partition coefficient (Wildman–Crippen LogP) is 2.09. The Kier molecular flexibility index (Phi) is 4.58. The molecule has 0 atom stereocenters. The quantitative estimate of drug-likeness (QED) is 0.796. The van der Waals surface area contributed by atoms with E-state index >= 15 is 0 Å². The summed E-state index contributed by atoms with van der Waals surface area (Å²) < 4.78 is 0. The highest BCUT2D eigenvalue weighted by Crippen LogP contribution is 2.23. The third kappa shape index (κ3) is 3.66. The summed E-state index contributed by atoms with van der Waals surface area (Å²) in [6.07, 6.45) is 10.5. The molecule has 28 heavy (non-hydrogen) atoms. The molecule has 5 heterocycles. The van der Waals surface area contributed by atoms with Crippen LogP contribution in [0, 0.1) is 0 Å². The molecule has 2 aromatic rings. The van der Waals surface area contributed by atoms with Crippen LogP contribution < -0.4 is 9.80 Å². The number of pyridine rings is 2. The summed E-state index contributed by atoms with van der Waals surface area (Å²) in [4.78, 5) is 21.0. The molecule has 3 aliphatic heterocycles. The third-order valence-corrected chi connectivity index (χ3v) is 5.41. The van der Waals surface area contributed by atoms with Gasteiger partial charge in [0.2, 0.25) is 0 Å². The van der Waals surface area contributed by atoms with Crippen LogP contribution in [0.3, 0.4) is 0 Å². The topological polar surface area (TPSA) is 42.0 Å². The van der Waals surface area contributed by atoms with E-state index in [0.717, 1.165) is 63.4 Å². The normalized spacial score (nSPS) is 19.4. The highest BCUT2D eigenvalue weighted by Gasteiger charge is 2.21. The van der Waals surface area contributed by atoms with Gasteiger partial charge in [0, 0.05) is 63.7 Å². The van der Waals surface area contributed by atoms with Crippen molar-refractivity contribution >= 4 is 11.6 Å². The van der Waals surface area contributed by atoms with Gasteiger partial charge in [-0.05, 0) is 24.3 Å². The monoisotopic (exact) mass is 375 g/mol. The Bertz CT molecular complexity index is 819. The molecule has 7 nitrogen and oxygen atoms in total. The molecule has 144 valence electrons. The molecule has 0 aromatic carbocycles. The zero-order valence-electron chi connectivity index (χ0n) is 15.9. The van der Waals surface area contributed by atoms with E-state index in [-0.39, 0.29) is 0 Å². The summed E-state index contributed by atoms with van der Waals surface area (Å²) in [5.74, 6) is 1.98. The number of nitrogens with zero attached hydrogens (tertiary/aromatic N) is 7. The van der Waals surface area contributed by atoms with Crippen molar-refractivity contribution in [2.24, 2.45) is 0 Å². The fourth-order valence-electron chi connectivity index (χ4n) is 3.78. The number of fused-ring (bicyclic) bond motifs is 8. The Hall–Kier alpha value is -3.06. The molecule has 0 N–H and O–H groups in total. The van der Waals surface area contributed by atoms with Crippen molar-refractivity contribution in [2.75, 3.05) is 49.3 Å². The van der Waals surface area contributed by atoms with E-state index in [4.69, 9.17) is 4.98 Å². The lowest BCUT2D eigenvalue weighted by Crippen LogP contribution is -2.39. The van der Waals surface area contributed by atoms with Crippen molar-refractivity contribution in [1.82, 2.24) is 24.7 Å². The number of hydrogen-bond acceptors (Lipinski definition) is 7. The lowest BCUT2D eigenvalue weighted by atomic mass is 10.3. The van der Waals surface area contributed by atoms with Crippen molar-refractivity contribution < 1.29 is 0 Å². The standard InChI is InChI=1S/C21H25N7/c1-2-7-22-19(4-1)16-24-8-10-25-12-14-27(17-25)20-5-3-6-21(23-20)28-15-13-26(18-28)11-9-24/h1-7,12-15H,8-11,16-18H2. The van der Waals surface area contributed by atoms with Crippen molar-refractivity contribution in [3.63, 3.8) is 0 Å². The second-order valence-corrected chi connectivity index (χ2v) is 7.39. The van der Waals surface area contributed by atoms with Crippen molar-refractivity contribution in [3.8, 4) is 0 Å². The molecule has 0 radical (unpaired) electrons. The SMILES string of the molecule is C1=CN2CN1CCN(Cc1ccccn1)CCN1C=CN(C1)c1cccc2n1. The van der Waals surface area contributed by atoms with Gasteiger partial charge in [-0.25, -0.2) is 4.98 Å². The van der Waals surface area contributed by atoms with Crippen LogP contribution in [-0.2, 0) is 6.54 Å². The largest absolute Gasteiger partial charge is 0.357 e. The summed E-state index contributed by atoms with van der Waals surface area (Å²) in [6, 6.07) is 12.4. The molecule has 0 saturated carbocycles. The highest BCUT2D eigenvalue weighted by molar-refractivity contribution is 5.52. The molecule has 0 spiro atoms. The van der Waals surface area contributed by atoms with E-state index < -0.39 is 0 Å². The predicted molar refractivity (Wildman–Crippen MR) is 110 cm³/mol. The summed E-state index contributed by atoms with van der Waals surface area (Å²) >= 11 is 0. The van der Waals surface area contributed by atoms with E-state index in [1.165, 1.54) is 0 Å². The van der Waals surface area contributed by atoms with Gasteiger partial charge in [-0.2, -0.15) is 0 Å². The van der Waals surface area contributed by atoms with Gasteiger partial charge in [0.25, 0.3) is 0 Å². The van der Waals surface area contributed by atoms with E-state index in [1.54, 1.807) is 0 Å². The highest BCUT2D eigenvalue weighted by atomic mass is 15.4.